The molecule has 2 aromatic carbocycles. The summed E-state index contributed by atoms with van der Waals surface area (Å²) in [6.07, 6.45) is 0. The molecule has 0 aromatic heterocycles. The normalized spacial score (nSPS) is 14.8. The lowest BCUT2D eigenvalue weighted by Gasteiger charge is -2.35. The Hall–Kier alpha value is -2.78. The summed E-state index contributed by atoms with van der Waals surface area (Å²) in [7, 11) is -1.81. The Bertz CT molecular complexity index is 954. The number of carbonyl (C=O) groups excluding carboxylic acids is 1. The zero-order valence-corrected chi connectivity index (χ0v) is 18.7. The number of benzene rings is 2. The van der Waals surface area contributed by atoms with Crippen LogP contribution in [-0.2, 0) is 14.8 Å². The minimum atomic E-state index is -3.44. The molecule has 1 N–H and O–H groups in total. The zero-order valence-electron chi connectivity index (χ0n) is 17.9. The average Bonchev–Trinajstić information content (AvgIpc) is 2.79. The molecule has 1 heterocycles. The highest BCUT2D eigenvalue weighted by Crippen LogP contribution is 2.21. The number of aryl methyl sites for hydroxylation is 1. The number of sulfonamides is 1. The van der Waals surface area contributed by atoms with E-state index in [-0.39, 0.29) is 24.8 Å². The number of amides is 1. The molecule has 8 nitrogen and oxygen atoms in total. The first-order valence-electron chi connectivity index (χ1n) is 10.2. The van der Waals surface area contributed by atoms with Crippen LogP contribution in [0.15, 0.2) is 48.5 Å². The first-order chi connectivity index (χ1) is 14.9. The van der Waals surface area contributed by atoms with Crippen molar-refractivity contribution in [1.29, 1.82) is 0 Å². The van der Waals surface area contributed by atoms with Crippen molar-refractivity contribution in [1.82, 2.24) is 9.62 Å². The molecule has 0 atom stereocenters. The van der Waals surface area contributed by atoms with E-state index >= 15 is 0 Å². The van der Waals surface area contributed by atoms with E-state index in [1.165, 1.54) is 4.31 Å². The van der Waals surface area contributed by atoms with Crippen LogP contribution in [0.4, 0.5) is 5.69 Å². The summed E-state index contributed by atoms with van der Waals surface area (Å²) in [5, 5.41) is 2.61. The third kappa shape index (κ3) is 6.60. The molecule has 1 amide bonds. The van der Waals surface area contributed by atoms with Gasteiger partial charge in [-0.3, -0.25) is 4.79 Å². The molecule has 2 aromatic rings. The Balaban J connectivity index is 1.39. The van der Waals surface area contributed by atoms with Gasteiger partial charge in [0, 0.05) is 38.4 Å². The number of rotatable bonds is 9. The summed E-state index contributed by atoms with van der Waals surface area (Å²) in [5.41, 5.74) is 2.14. The topological polar surface area (TPSA) is 88.2 Å². The van der Waals surface area contributed by atoms with Crippen LogP contribution >= 0.6 is 0 Å². The van der Waals surface area contributed by atoms with Gasteiger partial charge in [0.25, 0.3) is 5.91 Å². The van der Waals surface area contributed by atoms with E-state index in [4.69, 9.17) is 9.47 Å². The van der Waals surface area contributed by atoms with Crippen molar-refractivity contribution in [2.75, 3.05) is 57.1 Å². The number of hydrogen-bond acceptors (Lipinski definition) is 6. The highest BCUT2D eigenvalue weighted by atomic mass is 32.2. The second-order valence-electron chi connectivity index (χ2n) is 7.35. The average molecular weight is 448 g/mol. The van der Waals surface area contributed by atoms with Crippen molar-refractivity contribution >= 4 is 21.6 Å². The number of hydrogen-bond donors (Lipinski definition) is 1. The number of ether oxygens (including phenoxy) is 2. The largest absolute Gasteiger partial charge is 0.497 e. The molecule has 0 aliphatic carbocycles. The number of methoxy groups -OCH3 is 1. The maximum Gasteiger partial charge on any atom is 0.257 e. The lowest BCUT2D eigenvalue weighted by molar-refractivity contribution is -0.122. The number of nitrogens with zero attached hydrogens (tertiary/aromatic N) is 2. The number of piperazine rings is 1. The van der Waals surface area contributed by atoms with Gasteiger partial charge in [-0.2, -0.15) is 4.31 Å². The molecule has 1 aliphatic rings. The monoisotopic (exact) mass is 447 g/mol. The highest BCUT2D eigenvalue weighted by molar-refractivity contribution is 7.89. The van der Waals surface area contributed by atoms with Gasteiger partial charge in [-0.1, -0.05) is 17.7 Å². The van der Waals surface area contributed by atoms with E-state index in [9.17, 15) is 13.2 Å². The van der Waals surface area contributed by atoms with Crippen molar-refractivity contribution in [2.24, 2.45) is 0 Å². The highest BCUT2D eigenvalue weighted by Gasteiger charge is 2.26. The predicted octanol–water partition coefficient (Wildman–Crippen LogP) is 1.65. The molecular formula is C22H29N3O5S. The molecular weight excluding hydrogens is 418 g/mol. The van der Waals surface area contributed by atoms with Gasteiger partial charge in [-0.15, -0.1) is 0 Å². The van der Waals surface area contributed by atoms with Crippen LogP contribution in [-0.4, -0.2) is 70.8 Å². The maximum absolute atomic E-state index is 12.6. The third-order valence-corrected chi connectivity index (χ3v) is 7.01. The first-order valence-corrected chi connectivity index (χ1v) is 11.8. The minimum Gasteiger partial charge on any atom is -0.497 e. The van der Waals surface area contributed by atoms with Gasteiger partial charge in [-0.05, 0) is 43.3 Å². The quantitative estimate of drug-likeness (QED) is 0.629. The number of nitrogens with one attached hydrogen (secondary N) is 1. The van der Waals surface area contributed by atoms with Gasteiger partial charge in [-0.25, -0.2) is 8.42 Å². The lowest BCUT2D eigenvalue weighted by atomic mass is 10.2. The summed E-state index contributed by atoms with van der Waals surface area (Å²) in [5.74, 6) is 0.908. The maximum atomic E-state index is 12.6. The fourth-order valence-electron chi connectivity index (χ4n) is 3.30. The second kappa shape index (κ2) is 10.5. The summed E-state index contributed by atoms with van der Waals surface area (Å²) in [4.78, 5) is 14.1. The summed E-state index contributed by atoms with van der Waals surface area (Å²) < 4.78 is 37.3. The van der Waals surface area contributed by atoms with E-state index in [2.05, 4.69) is 10.2 Å². The van der Waals surface area contributed by atoms with E-state index in [1.807, 2.05) is 43.3 Å². The molecule has 1 saturated heterocycles. The van der Waals surface area contributed by atoms with Gasteiger partial charge in [0.05, 0.1) is 12.9 Å². The Labute approximate surface area is 183 Å². The SMILES string of the molecule is COc1ccc(N2CCN(S(=O)(=O)CCNC(=O)COc3ccc(C)cc3)CC2)cc1. The van der Waals surface area contributed by atoms with E-state index in [0.717, 1.165) is 17.0 Å². The predicted molar refractivity (Wildman–Crippen MR) is 120 cm³/mol. The smallest absolute Gasteiger partial charge is 0.257 e. The van der Waals surface area contributed by atoms with Gasteiger partial charge >= 0.3 is 0 Å². The Kier molecular flexibility index (Phi) is 7.75. The number of anilines is 1. The first kappa shape index (κ1) is 22.9. The fourth-order valence-corrected chi connectivity index (χ4v) is 4.64. The van der Waals surface area contributed by atoms with Gasteiger partial charge in [0.2, 0.25) is 10.0 Å². The Morgan fingerprint density at radius 3 is 2.19 bits per heavy atom. The van der Waals surface area contributed by atoms with Gasteiger partial charge in [0.15, 0.2) is 6.61 Å². The van der Waals surface area contributed by atoms with E-state index < -0.39 is 10.0 Å². The van der Waals surface area contributed by atoms with Gasteiger partial charge < -0.3 is 19.7 Å². The second-order valence-corrected chi connectivity index (χ2v) is 9.44. The molecule has 1 fully saturated rings. The van der Waals surface area contributed by atoms with Crippen LogP contribution in [0.25, 0.3) is 0 Å². The van der Waals surface area contributed by atoms with Crippen LogP contribution in [0, 0.1) is 6.92 Å². The molecule has 1 aliphatic heterocycles. The van der Waals surface area contributed by atoms with Crippen LogP contribution in [0.5, 0.6) is 11.5 Å². The third-order valence-electron chi connectivity index (χ3n) is 5.14. The van der Waals surface area contributed by atoms with Crippen LogP contribution in [0.1, 0.15) is 5.56 Å². The molecule has 31 heavy (non-hydrogen) atoms. The minimum absolute atomic E-state index is 0.0527. The fraction of sp³-hybridized carbons (Fsp3) is 0.409. The van der Waals surface area contributed by atoms with Crippen molar-refractivity contribution in [3.63, 3.8) is 0 Å². The molecule has 9 heteroatoms. The van der Waals surface area contributed by atoms with Crippen molar-refractivity contribution in [3.8, 4) is 11.5 Å². The van der Waals surface area contributed by atoms with Crippen molar-refractivity contribution in [2.45, 2.75) is 6.92 Å². The van der Waals surface area contributed by atoms with Gasteiger partial charge in [0.1, 0.15) is 11.5 Å². The Morgan fingerprint density at radius 2 is 1.58 bits per heavy atom. The molecule has 0 unspecified atom stereocenters. The standard InChI is InChI=1S/C22H29N3O5S/c1-18-3-7-21(8-4-18)30-17-22(26)23-11-16-31(27,28)25-14-12-24(13-15-25)19-5-9-20(29-2)10-6-19/h3-10H,11-17H2,1-2H3,(H,23,26). The van der Waals surface area contributed by atoms with Crippen LogP contribution in [0.3, 0.4) is 0 Å². The van der Waals surface area contributed by atoms with Crippen molar-refractivity contribution < 1.29 is 22.7 Å². The summed E-state index contributed by atoms with van der Waals surface area (Å²) in [6.45, 7) is 3.93. The summed E-state index contributed by atoms with van der Waals surface area (Å²) >= 11 is 0. The van der Waals surface area contributed by atoms with Crippen molar-refractivity contribution in [3.05, 3.63) is 54.1 Å². The molecule has 0 spiro atoms. The molecule has 0 bridgehead atoms. The Morgan fingerprint density at radius 1 is 0.968 bits per heavy atom. The summed E-state index contributed by atoms with van der Waals surface area (Å²) in [6, 6.07) is 15.1. The lowest BCUT2D eigenvalue weighted by Crippen LogP contribution is -2.50. The van der Waals surface area contributed by atoms with E-state index in [0.29, 0.717) is 31.9 Å². The van der Waals surface area contributed by atoms with Crippen LogP contribution in [0.2, 0.25) is 0 Å². The zero-order chi connectivity index (χ0) is 22.3. The van der Waals surface area contributed by atoms with Crippen LogP contribution < -0.4 is 19.7 Å². The molecule has 168 valence electrons. The molecule has 0 saturated carbocycles. The van der Waals surface area contributed by atoms with E-state index in [1.54, 1.807) is 19.2 Å². The number of carbonyl (C=O) groups is 1. The molecule has 3 rings (SSSR count). The molecule has 0 radical (unpaired) electrons.